The summed E-state index contributed by atoms with van der Waals surface area (Å²) in [5, 5.41) is 2.72. The minimum atomic E-state index is -0.0171. The van der Waals surface area contributed by atoms with Gasteiger partial charge in [0.2, 0.25) is 5.91 Å². The van der Waals surface area contributed by atoms with Crippen molar-refractivity contribution in [3.8, 4) is 5.75 Å². The number of ketones is 1. The average molecular weight is 261 g/mol. The molecule has 1 aliphatic rings. The van der Waals surface area contributed by atoms with Crippen molar-refractivity contribution in [1.29, 1.82) is 0 Å². The van der Waals surface area contributed by atoms with Crippen LogP contribution in [0.1, 0.15) is 42.1 Å². The van der Waals surface area contributed by atoms with Crippen LogP contribution in [0.2, 0.25) is 0 Å². The van der Waals surface area contributed by atoms with E-state index in [9.17, 15) is 9.59 Å². The minimum Gasteiger partial charge on any atom is -0.493 e. The minimum absolute atomic E-state index is 0.0171. The molecule has 4 nitrogen and oxygen atoms in total. The van der Waals surface area contributed by atoms with Crippen LogP contribution >= 0.6 is 0 Å². The van der Waals surface area contributed by atoms with E-state index in [1.807, 2.05) is 19.1 Å². The first-order valence-electron chi connectivity index (χ1n) is 6.76. The Kier molecular flexibility index (Phi) is 4.55. The summed E-state index contributed by atoms with van der Waals surface area (Å²) in [5.74, 6) is 0.838. The van der Waals surface area contributed by atoms with E-state index in [0.717, 1.165) is 24.0 Å². The second-order valence-corrected chi connectivity index (χ2v) is 4.65. The quantitative estimate of drug-likeness (QED) is 0.883. The predicted octanol–water partition coefficient (Wildman–Crippen LogP) is 2.11. The first-order chi connectivity index (χ1) is 9.20. The molecule has 0 unspecified atom stereocenters. The second-order valence-electron chi connectivity index (χ2n) is 4.65. The van der Waals surface area contributed by atoms with Gasteiger partial charge in [0.15, 0.2) is 5.78 Å². The van der Waals surface area contributed by atoms with Gasteiger partial charge in [-0.05, 0) is 37.5 Å². The van der Waals surface area contributed by atoms with E-state index in [1.165, 1.54) is 0 Å². The van der Waals surface area contributed by atoms with Crippen LogP contribution in [0.5, 0.6) is 5.75 Å². The molecule has 0 aromatic heterocycles. The van der Waals surface area contributed by atoms with E-state index in [2.05, 4.69) is 5.32 Å². The summed E-state index contributed by atoms with van der Waals surface area (Å²) in [6, 6.07) is 5.62. The van der Waals surface area contributed by atoms with Gasteiger partial charge in [-0.15, -0.1) is 0 Å². The first-order valence-corrected chi connectivity index (χ1v) is 6.76. The molecular weight excluding hydrogens is 242 g/mol. The summed E-state index contributed by atoms with van der Waals surface area (Å²) >= 11 is 0. The fourth-order valence-electron chi connectivity index (χ4n) is 2.24. The van der Waals surface area contributed by atoms with Crippen molar-refractivity contribution in [1.82, 2.24) is 5.32 Å². The molecule has 1 aromatic rings. The molecule has 0 aliphatic heterocycles. The van der Waals surface area contributed by atoms with Gasteiger partial charge in [-0.1, -0.05) is 6.07 Å². The van der Waals surface area contributed by atoms with E-state index in [4.69, 9.17) is 4.74 Å². The van der Waals surface area contributed by atoms with E-state index in [0.29, 0.717) is 31.7 Å². The van der Waals surface area contributed by atoms with Crippen molar-refractivity contribution in [2.75, 3.05) is 13.2 Å². The lowest BCUT2D eigenvalue weighted by atomic mass is 9.90. The summed E-state index contributed by atoms with van der Waals surface area (Å²) in [6.07, 6.45) is 2.84. The van der Waals surface area contributed by atoms with Crippen LogP contribution in [-0.2, 0) is 11.2 Å². The number of ether oxygens (including phenoxy) is 1. The van der Waals surface area contributed by atoms with Gasteiger partial charge in [0.1, 0.15) is 5.75 Å². The third kappa shape index (κ3) is 3.56. The van der Waals surface area contributed by atoms with Gasteiger partial charge in [0.05, 0.1) is 13.0 Å². The maximum absolute atomic E-state index is 11.8. The Bertz CT molecular complexity index is 482. The largest absolute Gasteiger partial charge is 0.493 e. The molecule has 1 aliphatic carbocycles. The predicted molar refractivity (Wildman–Crippen MR) is 72.5 cm³/mol. The number of fused-ring (bicyclic) bond motifs is 1. The fourth-order valence-corrected chi connectivity index (χ4v) is 2.24. The Labute approximate surface area is 113 Å². The maximum atomic E-state index is 11.8. The number of carbonyl (C=O) groups excluding carboxylic acids is 2. The highest BCUT2D eigenvalue weighted by Crippen LogP contribution is 2.25. The summed E-state index contributed by atoms with van der Waals surface area (Å²) in [6.45, 7) is 2.85. The molecule has 19 heavy (non-hydrogen) atoms. The monoisotopic (exact) mass is 261 g/mol. The lowest BCUT2D eigenvalue weighted by Crippen LogP contribution is -2.24. The Morgan fingerprint density at radius 1 is 1.37 bits per heavy atom. The van der Waals surface area contributed by atoms with Crippen LogP contribution in [0.25, 0.3) is 0 Å². The highest BCUT2D eigenvalue weighted by molar-refractivity contribution is 5.98. The number of hydrogen-bond donors (Lipinski definition) is 1. The molecule has 102 valence electrons. The molecule has 0 radical (unpaired) electrons. The van der Waals surface area contributed by atoms with Crippen molar-refractivity contribution in [3.05, 3.63) is 29.3 Å². The topological polar surface area (TPSA) is 55.4 Å². The number of carbonyl (C=O) groups is 2. The lowest BCUT2D eigenvalue weighted by molar-refractivity contribution is -0.121. The number of benzene rings is 1. The molecule has 2 rings (SSSR count). The molecule has 0 saturated heterocycles. The SMILES string of the molecule is CCNC(=O)CCOc1ccc2c(c1)C(=O)CCC2. The third-order valence-corrected chi connectivity index (χ3v) is 3.20. The van der Waals surface area contributed by atoms with Crippen molar-refractivity contribution in [2.45, 2.75) is 32.6 Å². The fraction of sp³-hybridized carbons (Fsp3) is 0.467. The van der Waals surface area contributed by atoms with Crippen LogP contribution < -0.4 is 10.1 Å². The standard InChI is InChI=1S/C15H19NO3/c1-2-16-15(18)8-9-19-12-7-6-11-4-3-5-14(17)13(11)10-12/h6-7,10H,2-5,8-9H2,1H3,(H,16,18). The highest BCUT2D eigenvalue weighted by atomic mass is 16.5. The second kappa shape index (κ2) is 6.36. The Morgan fingerprint density at radius 2 is 2.21 bits per heavy atom. The molecule has 0 heterocycles. The zero-order valence-corrected chi connectivity index (χ0v) is 11.2. The molecule has 0 fully saturated rings. The van der Waals surface area contributed by atoms with Gasteiger partial charge < -0.3 is 10.1 Å². The molecule has 1 amide bonds. The first kappa shape index (κ1) is 13.6. The Balaban J connectivity index is 1.93. The summed E-state index contributed by atoms with van der Waals surface area (Å²) in [5.41, 5.74) is 1.88. The normalized spacial score (nSPS) is 13.8. The van der Waals surface area contributed by atoms with Crippen LogP contribution in [0.3, 0.4) is 0 Å². The van der Waals surface area contributed by atoms with E-state index in [-0.39, 0.29) is 11.7 Å². The highest BCUT2D eigenvalue weighted by Gasteiger charge is 2.17. The van der Waals surface area contributed by atoms with E-state index >= 15 is 0 Å². The van der Waals surface area contributed by atoms with Crippen molar-refractivity contribution >= 4 is 11.7 Å². The molecule has 4 heteroatoms. The van der Waals surface area contributed by atoms with Gasteiger partial charge in [-0.2, -0.15) is 0 Å². The van der Waals surface area contributed by atoms with Gasteiger partial charge in [0, 0.05) is 18.5 Å². The number of aryl methyl sites for hydroxylation is 1. The third-order valence-electron chi connectivity index (χ3n) is 3.20. The van der Waals surface area contributed by atoms with Crippen LogP contribution in [0, 0.1) is 0 Å². The number of rotatable bonds is 5. The van der Waals surface area contributed by atoms with Crippen molar-refractivity contribution in [3.63, 3.8) is 0 Å². The molecule has 1 aromatic carbocycles. The molecular formula is C15H19NO3. The van der Waals surface area contributed by atoms with Crippen molar-refractivity contribution < 1.29 is 14.3 Å². The van der Waals surface area contributed by atoms with Gasteiger partial charge in [-0.3, -0.25) is 9.59 Å². The number of hydrogen-bond acceptors (Lipinski definition) is 3. The van der Waals surface area contributed by atoms with Crippen LogP contribution in [-0.4, -0.2) is 24.8 Å². The molecule has 1 N–H and O–H groups in total. The van der Waals surface area contributed by atoms with Crippen LogP contribution in [0.15, 0.2) is 18.2 Å². The number of amides is 1. The number of Topliss-reactive ketones (excluding diaryl/α,β-unsaturated/α-hetero) is 1. The number of nitrogens with one attached hydrogen (secondary N) is 1. The van der Waals surface area contributed by atoms with Gasteiger partial charge >= 0.3 is 0 Å². The van der Waals surface area contributed by atoms with Gasteiger partial charge in [-0.25, -0.2) is 0 Å². The molecule has 0 saturated carbocycles. The summed E-state index contributed by atoms with van der Waals surface area (Å²) < 4.78 is 5.52. The van der Waals surface area contributed by atoms with E-state index < -0.39 is 0 Å². The van der Waals surface area contributed by atoms with Crippen molar-refractivity contribution in [2.24, 2.45) is 0 Å². The zero-order valence-electron chi connectivity index (χ0n) is 11.2. The van der Waals surface area contributed by atoms with Gasteiger partial charge in [0.25, 0.3) is 0 Å². The smallest absolute Gasteiger partial charge is 0.223 e. The molecule has 0 bridgehead atoms. The Hall–Kier alpha value is -1.84. The average Bonchev–Trinajstić information content (AvgIpc) is 2.40. The molecule has 0 spiro atoms. The van der Waals surface area contributed by atoms with E-state index in [1.54, 1.807) is 6.07 Å². The lowest BCUT2D eigenvalue weighted by Gasteiger charge is -2.15. The summed E-state index contributed by atoms with van der Waals surface area (Å²) in [4.78, 5) is 23.1. The maximum Gasteiger partial charge on any atom is 0.223 e. The Morgan fingerprint density at radius 3 is 3.00 bits per heavy atom. The summed E-state index contributed by atoms with van der Waals surface area (Å²) in [7, 11) is 0. The van der Waals surface area contributed by atoms with Crippen LogP contribution in [0.4, 0.5) is 0 Å². The zero-order chi connectivity index (χ0) is 13.7. The molecule has 0 atom stereocenters.